The molecule has 2 rings (SSSR count). The molecule has 1 aromatic carbocycles. The number of hydrogen-bond donors (Lipinski definition) is 2. The lowest BCUT2D eigenvalue weighted by atomic mass is 10.3. The molecule has 3 N–H and O–H groups in total. The van der Waals surface area contributed by atoms with Gasteiger partial charge in [-0.15, -0.1) is 0 Å². The highest BCUT2D eigenvalue weighted by Gasteiger charge is 2.18. The van der Waals surface area contributed by atoms with E-state index in [2.05, 4.69) is 9.88 Å². The third kappa shape index (κ3) is 3.25. The van der Waals surface area contributed by atoms with Crippen molar-refractivity contribution in [1.82, 2.24) is 9.88 Å². The van der Waals surface area contributed by atoms with Crippen LogP contribution in [0.15, 0.2) is 33.7 Å². The maximum Gasteiger partial charge on any atom is 0.242 e. The Hall–Kier alpha value is -1.57. The van der Waals surface area contributed by atoms with Gasteiger partial charge in [-0.3, -0.25) is 0 Å². The van der Waals surface area contributed by atoms with Crippen molar-refractivity contribution in [1.29, 1.82) is 0 Å². The van der Waals surface area contributed by atoms with Crippen LogP contribution < -0.4 is 10.5 Å². The molecule has 0 amide bonds. The highest BCUT2D eigenvalue weighted by atomic mass is 35.5. The number of rotatable bonds is 4. The van der Waals surface area contributed by atoms with Crippen molar-refractivity contribution in [3.8, 4) is 0 Å². The summed E-state index contributed by atoms with van der Waals surface area (Å²) in [6.45, 7) is 1.74. The standard InChI is InChI=1S/C11H12ClN3O3S/c1-7-4-9(15-18-7)6-14-19(16,17)11-5-8(13)2-3-10(11)12/h2-5,14H,6,13H2,1H3. The number of nitrogens with zero attached hydrogens (tertiary/aromatic N) is 1. The number of nitrogens with one attached hydrogen (secondary N) is 1. The molecule has 0 saturated carbocycles. The van der Waals surface area contributed by atoms with Gasteiger partial charge in [-0.05, 0) is 25.1 Å². The molecule has 2 aromatic rings. The van der Waals surface area contributed by atoms with E-state index in [0.717, 1.165) is 0 Å². The van der Waals surface area contributed by atoms with Gasteiger partial charge in [0.1, 0.15) is 10.7 Å². The first-order valence-corrected chi connectivity index (χ1v) is 7.21. The monoisotopic (exact) mass is 301 g/mol. The zero-order valence-corrected chi connectivity index (χ0v) is 11.6. The Balaban J connectivity index is 2.20. The van der Waals surface area contributed by atoms with Gasteiger partial charge in [0.05, 0.1) is 17.3 Å². The molecule has 0 aliphatic rings. The molecule has 0 saturated heterocycles. The van der Waals surface area contributed by atoms with Crippen LogP contribution in [0.5, 0.6) is 0 Å². The van der Waals surface area contributed by atoms with Crippen LogP contribution in [0.2, 0.25) is 5.02 Å². The normalized spacial score (nSPS) is 11.7. The fourth-order valence-corrected chi connectivity index (χ4v) is 3.01. The van der Waals surface area contributed by atoms with Crippen LogP contribution in [0.1, 0.15) is 11.5 Å². The highest BCUT2D eigenvalue weighted by molar-refractivity contribution is 7.89. The topological polar surface area (TPSA) is 98.2 Å². The van der Waals surface area contributed by atoms with E-state index in [1.54, 1.807) is 13.0 Å². The number of benzene rings is 1. The van der Waals surface area contributed by atoms with E-state index in [0.29, 0.717) is 17.1 Å². The van der Waals surface area contributed by atoms with Gasteiger partial charge in [-0.25, -0.2) is 13.1 Å². The fraction of sp³-hybridized carbons (Fsp3) is 0.182. The molecule has 0 unspecified atom stereocenters. The Labute approximate surface area is 115 Å². The second kappa shape index (κ2) is 5.20. The molecule has 0 fully saturated rings. The third-order valence-electron chi connectivity index (χ3n) is 2.36. The smallest absolute Gasteiger partial charge is 0.242 e. The van der Waals surface area contributed by atoms with Crippen LogP contribution in [0.4, 0.5) is 5.69 Å². The predicted molar refractivity (Wildman–Crippen MR) is 71.1 cm³/mol. The fourth-order valence-electron chi connectivity index (χ4n) is 1.47. The summed E-state index contributed by atoms with van der Waals surface area (Å²) in [5.74, 6) is 0.608. The maximum absolute atomic E-state index is 12.1. The summed E-state index contributed by atoms with van der Waals surface area (Å²) in [6.07, 6.45) is 0. The van der Waals surface area contributed by atoms with Crippen LogP contribution in [0.3, 0.4) is 0 Å². The van der Waals surface area contributed by atoms with Gasteiger partial charge in [0.2, 0.25) is 10.0 Å². The molecule has 1 heterocycles. The van der Waals surface area contributed by atoms with E-state index < -0.39 is 10.0 Å². The number of nitrogen functional groups attached to an aromatic ring is 1. The van der Waals surface area contributed by atoms with Crippen LogP contribution in [-0.4, -0.2) is 13.6 Å². The molecule has 0 aliphatic heterocycles. The zero-order valence-electron chi connectivity index (χ0n) is 10.1. The number of aryl methyl sites for hydroxylation is 1. The van der Waals surface area contributed by atoms with Gasteiger partial charge in [0.15, 0.2) is 0 Å². The van der Waals surface area contributed by atoms with Gasteiger partial charge < -0.3 is 10.3 Å². The predicted octanol–water partition coefficient (Wildman–Crippen LogP) is 1.70. The van der Waals surface area contributed by atoms with E-state index in [-0.39, 0.29) is 16.5 Å². The van der Waals surface area contributed by atoms with Crippen LogP contribution >= 0.6 is 11.6 Å². The lowest BCUT2D eigenvalue weighted by Crippen LogP contribution is -2.23. The molecule has 0 spiro atoms. The summed E-state index contributed by atoms with van der Waals surface area (Å²) in [7, 11) is -3.75. The van der Waals surface area contributed by atoms with E-state index in [9.17, 15) is 8.42 Å². The minimum atomic E-state index is -3.75. The van der Waals surface area contributed by atoms with Crippen molar-refractivity contribution in [3.05, 3.63) is 40.7 Å². The van der Waals surface area contributed by atoms with Gasteiger partial charge >= 0.3 is 0 Å². The molecule has 8 heteroatoms. The Morgan fingerprint density at radius 3 is 2.79 bits per heavy atom. The molecule has 0 atom stereocenters. The SMILES string of the molecule is Cc1cc(CNS(=O)(=O)c2cc(N)ccc2Cl)no1. The summed E-state index contributed by atoms with van der Waals surface area (Å²) in [4.78, 5) is -0.0608. The summed E-state index contributed by atoms with van der Waals surface area (Å²) >= 11 is 5.86. The van der Waals surface area contributed by atoms with Crippen molar-refractivity contribution < 1.29 is 12.9 Å². The van der Waals surface area contributed by atoms with Gasteiger partial charge in [-0.2, -0.15) is 0 Å². The Bertz CT molecular complexity index is 697. The van der Waals surface area contributed by atoms with Gasteiger partial charge in [0, 0.05) is 11.8 Å². The molecule has 0 bridgehead atoms. The largest absolute Gasteiger partial charge is 0.399 e. The number of anilines is 1. The van der Waals surface area contributed by atoms with E-state index in [1.807, 2.05) is 0 Å². The first-order valence-electron chi connectivity index (χ1n) is 5.35. The molecule has 19 heavy (non-hydrogen) atoms. The summed E-state index contributed by atoms with van der Waals surface area (Å²) in [5.41, 5.74) is 6.37. The molecule has 6 nitrogen and oxygen atoms in total. The van der Waals surface area contributed by atoms with Crippen molar-refractivity contribution in [3.63, 3.8) is 0 Å². The lowest BCUT2D eigenvalue weighted by molar-refractivity contribution is 0.390. The van der Waals surface area contributed by atoms with Crippen LogP contribution in [-0.2, 0) is 16.6 Å². The Morgan fingerprint density at radius 1 is 1.42 bits per heavy atom. The van der Waals surface area contributed by atoms with Crippen molar-refractivity contribution in [2.24, 2.45) is 0 Å². The Morgan fingerprint density at radius 2 is 2.16 bits per heavy atom. The van der Waals surface area contributed by atoms with Gasteiger partial charge in [-0.1, -0.05) is 16.8 Å². The average molecular weight is 302 g/mol. The van der Waals surface area contributed by atoms with Crippen molar-refractivity contribution in [2.45, 2.75) is 18.4 Å². The third-order valence-corrected chi connectivity index (χ3v) is 4.25. The van der Waals surface area contributed by atoms with E-state index in [4.69, 9.17) is 21.9 Å². The highest BCUT2D eigenvalue weighted by Crippen LogP contribution is 2.23. The number of nitrogens with two attached hydrogens (primary N) is 1. The Kier molecular flexibility index (Phi) is 3.79. The number of hydrogen-bond acceptors (Lipinski definition) is 5. The zero-order chi connectivity index (χ0) is 14.0. The first kappa shape index (κ1) is 13.9. The molecule has 0 radical (unpaired) electrons. The summed E-state index contributed by atoms with van der Waals surface area (Å²) in [6, 6.07) is 5.91. The van der Waals surface area contributed by atoms with Crippen molar-refractivity contribution in [2.75, 3.05) is 5.73 Å². The van der Waals surface area contributed by atoms with E-state index in [1.165, 1.54) is 18.2 Å². The number of sulfonamides is 1. The van der Waals surface area contributed by atoms with Crippen LogP contribution in [0, 0.1) is 6.92 Å². The van der Waals surface area contributed by atoms with Crippen molar-refractivity contribution >= 4 is 27.3 Å². The molecular weight excluding hydrogens is 290 g/mol. The van der Waals surface area contributed by atoms with Gasteiger partial charge in [0.25, 0.3) is 0 Å². The second-order valence-electron chi connectivity index (χ2n) is 3.94. The quantitative estimate of drug-likeness (QED) is 0.837. The maximum atomic E-state index is 12.1. The van der Waals surface area contributed by atoms with E-state index >= 15 is 0 Å². The second-order valence-corrected chi connectivity index (χ2v) is 6.09. The molecule has 1 aromatic heterocycles. The number of halogens is 1. The molecule has 0 aliphatic carbocycles. The lowest BCUT2D eigenvalue weighted by Gasteiger charge is -2.07. The minimum absolute atomic E-state index is 0.0187. The molecular formula is C11H12ClN3O3S. The average Bonchev–Trinajstić information content (AvgIpc) is 2.76. The van der Waals surface area contributed by atoms with Crippen LogP contribution in [0.25, 0.3) is 0 Å². The first-order chi connectivity index (χ1) is 8.88. The minimum Gasteiger partial charge on any atom is -0.399 e. The summed E-state index contributed by atoms with van der Waals surface area (Å²) in [5, 5.41) is 3.80. The number of aromatic nitrogens is 1. The molecule has 102 valence electrons. The summed E-state index contributed by atoms with van der Waals surface area (Å²) < 4.78 is 31.4.